The third kappa shape index (κ3) is 7.09. The molecule has 0 radical (unpaired) electrons. The molecule has 0 amide bonds. The van der Waals surface area contributed by atoms with Crippen molar-refractivity contribution in [2.24, 2.45) is 0 Å². The molecule has 1 atom stereocenters. The molecule has 0 heterocycles. The summed E-state index contributed by atoms with van der Waals surface area (Å²) in [5.41, 5.74) is 0.639. The molecule has 0 bridgehead atoms. The average molecular weight is 266 g/mol. The second-order valence-corrected chi connectivity index (χ2v) is 4.44. The molecule has 1 unspecified atom stereocenters. The van der Waals surface area contributed by atoms with Crippen molar-refractivity contribution < 1.29 is 4.79 Å². The number of carbonyl (C=O) groups is 1. The van der Waals surface area contributed by atoms with E-state index in [4.69, 9.17) is 16.9 Å². The SMILES string of the molecule is CCCCCC.N#CC(C=O)c1cccc(Cl)c1. The third-order valence-electron chi connectivity index (χ3n) is 2.44. The maximum Gasteiger partial charge on any atom is 0.141 e. The van der Waals surface area contributed by atoms with E-state index in [2.05, 4.69) is 13.8 Å². The smallest absolute Gasteiger partial charge is 0.141 e. The van der Waals surface area contributed by atoms with E-state index in [-0.39, 0.29) is 0 Å². The number of benzene rings is 1. The number of nitriles is 1. The standard InChI is InChI=1S/C9H6ClNO.C6H14/c10-9-3-1-2-7(4-9)8(5-11)6-12;1-3-5-6-4-2/h1-4,6,8H;3-6H2,1-2H3. The quantitative estimate of drug-likeness (QED) is 0.570. The summed E-state index contributed by atoms with van der Waals surface area (Å²) in [6, 6.07) is 8.60. The Morgan fingerprint density at radius 1 is 1.33 bits per heavy atom. The maximum atomic E-state index is 10.4. The van der Waals surface area contributed by atoms with E-state index in [9.17, 15) is 4.79 Å². The van der Waals surface area contributed by atoms with Crippen molar-refractivity contribution in [3.63, 3.8) is 0 Å². The molecule has 18 heavy (non-hydrogen) atoms. The summed E-state index contributed by atoms with van der Waals surface area (Å²) in [5, 5.41) is 9.08. The summed E-state index contributed by atoms with van der Waals surface area (Å²) in [6.45, 7) is 4.46. The predicted molar refractivity (Wildman–Crippen MR) is 75.7 cm³/mol. The van der Waals surface area contributed by atoms with Crippen LogP contribution in [0.3, 0.4) is 0 Å². The highest BCUT2D eigenvalue weighted by Gasteiger charge is 2.07. The Labute approximate surface area is 115 Å². The Hall–Kier alpha value is -1.33. The van der Waals surface area contributed by atoms with Gasteiger partial charge < -0.3 is 4.79 Å². The molecule has 2 nitrogen and oxygen atoms in total. The second-order valence-electron chi connectivity index (χ2n) is 4.00. The highest BCUT2D eigenvalue weighted by molar-refractivity contribution is 6.30. The van der Waals surface area contributed by atoms with Crippen LogP contribution in [0.5, 0.6) is 0 Å². The molecule has 1 aromatic rings. The van der Waals surface area contributed by atoms with E-state index in [1.807, 2.05) is 6.07 Å². The van der Waals surface area contributed by atoms with Crippen LogP contribution in [0.25, 0.3) is 0 Å². The van der Waals surface area contributed by atoms with Crippen LogP contribution in [0.2, 0.25) is 5.02 Å². The number of rotatable bonds is 5. The van der Waals surface area contributed by atoms with Crippen LogP contribution < -0.4 is 0 Å². The predicted octanol–water partition coefficient (Wildman–Crippen LogP) is 4.73. The molecule has 0 saturated heterocycles. The first-order chi connectivity index (χ1) is 8.69. The van der Waals surface area contributed by atoms with E-state index >= 15 is 0 Å². The van der Waals surface area contributed by atoms with Crippen LogP contribution in [-0.4, -0.2) is 6.29 Å². The van der Waals surface area contributed by atoms with E-state index in [0.29, 0.717) is 16.9 Å². The van der Waals surface area contributed by atoms with Crippen LogP contribution in [0.4, 0.5) is 0 Å². The molecule has 1 aromatic carbocycles. The summed E-state index contributed by atoms with van der Waals surface area (Å²) in [4.78, 5) is 10.4. The molecule has 1 rings (SSSR count). The number of unbranched alkanes of at least 4 members (excludes halogenated alkanes) is 3. The van der Waals surface area contributed by atoms with Crippen molar-refractivity contribution in [2.75, 3.05) is 0 Å². The van der Waals surface area contributed by atoms with E-state index in [1.165, 1.54) is 25.7 Å². The van der Waals surface area contributed by atoms with E-state index in [1.54, 1.807) is 24.3 Å². The minimum absolute atomic E-state index is 0.537. The third-order valence-corrected chi connectivity index (χ3v) is 2.68. The number of hydrogen-bond donors (Lipinski definition) is 0. The van der Waals surface area contributed by atoms with Gasteiger partial charge in [0.15, 0.2) is 0 Å². The molecule has 0 aliphatic rings. The van der Waals surface area contributed by atoms with Crippen molar-refractivity contribution in [3.05, 3.63) is 34.9 Å². The summed E-state index contributed by atoms with van der Waals surface area (Å²) < 4.78 is 0. The normalized spacial score (nSPS) is 10.8. The Morgan fingerprint density at radius 3 is 2.33 bits per heavy atom. The van der Waals surface area contributed by atoms with Gasteiger partial charge in [-0.15, -0.1) is 0 Å². The fourth-order valence-electron chi connectivity index (χ4n) is 1.38. The van der Waals surface area contributed by atoms with Crippen molar-refractivity contribution in [3.8, 4) is 6.07 Å². The van der Waals surface area contributed by atoms with Gasteiger partial charge in [-0.05, 0) is 17.7 Å². The van der Waals surface area contributed by atoms with Crippen molar-refractivity contribution >= 4 is 17.9 Å². The van der Waals surface area contributed by atoms with Crippen molar-refractivity contribution in [1.82, 2.24) is 0 Å². The molecule has 0 aromatic heterocycles. The average Bonchev–Trinajstić information content (AvgIpc) is 2.39. The number of halogens is 1. The van der Waals surface area contributed by atoms with Gasteiger partial charge in [-0.3, -0.25) is 0 Å². The van der Waals surface area contributed by atoms with Gasteiger partial charge >= 0.3 is 0 Å². The molecule has 3 heteroatoms. The monoisotopic (exact) mass is 265 g/mol. The van der Waals surface area contributed by atoms with Gasteiger partial charge in [0.25, 0.3) is 0 Å². The fraction of sp³-hybridized carbons (Fsp3) is 0.467. The van der Waals surface area contributed by atoms with Gasteiger partial charge in [0.1, 0.15) is 12.2 Å². The lowest BCUT2D eigenvalue weighted by Crippen LogP contribution is -1.95. The highest BCUT2D eigenvalue weighted by Crippen LogP contribution is 2.17. The van der Waals surface area contributed by atoms with Crippen LogP contribution in [0.1, 0.15) is 51.0 Å². The van der Waals surface area contributed by atoms with Gasteiger partial charge in [0, 0.05) is 5.02 Å². The lowest BCUT2D eigenvalue weighted by Gasteiger charge is -2.00. The van der Waals surface area contributed by atoms with Crippen molar-refractivity contribution in [1.29, 1.82) is 5.26 Å². The number of nitrogens with zero attached hydrogens (tertiary/aromatic N) is 1. The van der Waals surface area contributed by atoms with Crippen LogP contribution in [0, 0.1) is 11.3 Å². The van der Waals surface area contributed by atoms with E-state index in [0.717, 1.165) is 0 Å². The summed E-state index contributed by atoms with van der Waals surface area (Å²) in [5.74, 6) is -0.705. The second kappa shape index (κ2) is 10.8. The van der Waals surface area contributed by atoms with Crippen molar-refractivity contribution in [2.45, 2.75) is 45.4 Å². The molecule has 0 N–H and O–H groups in total. The zero-order valence-electron chi connectivity index (χ0n) is 11.0. The Kier molecular flexibility index (Phi) is 10.0. The molecule has 0 aliphatic carbocycles. The molecular weight excluding hydrogens is 246 g/mol. The van der Waals surface area contributed by atoms with Gasteiger partial charge in [-0.25, -0.2) is 0 Å². The highest BCUT2D eigenvalue weighted by atomic mass is 35.5. The minimum atomic E-state index is -0.705. The molecule has 0 saturated carbocycles. The molecule has 98 valence electrons. The number of aldehydes is 1. The zero-order valence-corrected chi connectivity index (χ0v) is 11.8. The maximum absolute atomic E-state index is 10.4. The number of hydrogen-bond acceptors (Lipinski definition) is 2. The van der Waals surface area contributed by atoms with Gasteiger partial charge in [-0.1, -0.05) is 63.3 Å². The largest absolute Gasteiger partial charge is 0.302 e. The fourth-order valence-corrected chi connectivity index (χ4v) is 1.58. The van der Waals surface area contributed by atoms with Crippen LogP contribution >= 0.6 is 11.6 Å². The first kappa shape index (κ1) is 16.7. The lowest BCUT2D eigenvalue weighted by molar-refractivity contribution is -0.108. The molecule has 0 spiro atoms. The van der Waals surface area contributed by atoms with Gasteiger partial charge in [0.2, 0.25) is 0 Å². The first-order valence-corrected chi connectivity index (χ1v) is 6.67. The Balaban J connectivity index is 0.000000411. The van der Waals surface area contributed by atoms with Gasteiger partial charge in [0.05, 0.1) is 6.07 Å². The molecule has 0 fully saturated rings. The zero-order chi connectivity index (χ0) is 13.8. The molecule has 0 aliphatic heterocycles. The molecular formula is C15H20ClNO. The topological polar surface area (TPSA) is 40.9 Å². The number of carbonyl (C=O) groups excluding carboxylic acids is 1. The first-order valence-electron chi connectivity index (χ1n) is 6.29. The lowest BCUT2D eigenvalue weighted by atomic mass is 10.0. The summed E-state index contributed by atoms with van der Waals surface area (Å²) >= 11 is 5.68. The minimum Gasteiger partial charge on any atom is -0.302 e. The Morgan fingerprint density at radius 2 is 1.94 bits per heavy atom. The summed E-state index contributed by atoms with van der Waals surface area (Å²) in [7, 11) is 0. The van der Waals surface area contributed by atoms with Crippen LogP contribution in [0.15, 0.2) is 24.3 Å². The van der Waals surface area contributed by atoms with Gasteiger partial charge in [-0.2, -0.15) is 5.26 Å². The van der Waals surface area contributed by atoms with Crippen LogP contribution in [-0.2, 0) is 4.79 Å². The summed E-state index contributed by atoms with van der Waals surface area (Å²) in [6.07, 6.45) is 6.14. The van der Waals surface area contributed by atoms with E-state index < -0.39 is 5.92 Å². The Bertz CT molecular complexity index is 380.